The molecule has 1 unspecified atom stereocenters. The minimum Gasteiger partial charge on any atom is -0.309 e. The van der Waals surface area contributed by atoms with Crippen LogP contribution in [-0.4, -0.2) is 27.6 Å². The van der Waals surface area contributed by atoms with Gasteiger partial charge in [-0.1, -0.05) is 67.1 Å². The smallest absolute Gasteiger partial charge is 0.247 e. The topological polar surface area (TPSA) is 82.7 Å². The van der Waals surface area contributed by atoms with Crippen LogP contribution < -0.4 is 10.6 Å². The van der Waals surface area contributed by atoms with Gasteiger partial charge in [-0.25, -0.2) is 4.98 Å². The monoisotopic (exact) mass is 453 g/mol. The number of carbonyl (C=O) groups is 1. The second-order valence-corrected chi connectivity index (χ2v) is 8.79. The molecule has 6 nitrogen and oxygen atoms in total. The lowest BCUT2D eigenvalue weighted by atomic mass is 9.98. The van der Waals surface area contributed by atoms with Gasteiger partial charge >= 0.3 is 0 Å². The number of aromatic nitrogens is 3. The Morgan fingerprint density at radius 1 is 0.941 bits per heavy atom. The summed E-state index contributed by atoms with van der Waals surface area (Å²) in [7, 11) is 0. The summed E-state index contributed by atoms with van der Waals surface area (Å²) in [5, 5.41) is 13.7. The van der Waals surface area contributed by atoms with Crippen LogP contribution in [0.1, 0.15) is 47.0 Å². The van der Waals surface area contributed by atoms with Crippen molar-refractivity contribution >= 4 is 11.7 Å². The van der Waals surface area contributed by atoms with Gasteiger partial charge < -0.3 is 10.6 Å². The molecule has 0 saturated heterocycles. The van der Waals surface area contributed by atoms with E-state index in [1.165, 1.54) is 11.1 Å². The second-order valence-electron chi connectivity index (χ2n) is 8.79. The fraction of sp³-hybridized carbons (Fsp3) is 0.250. The van der Waals surface area contributed by atoms with Crippen molar-refractivity contribution in [3.63, 3.8) is 0 Å². The fourth-order valence-electron chi connectivity index (χ4n) is 4.11. The van der Waals surface area contributed by atoms with Crippen LogP contribution in [-0.2, 0) is 4.79 Å². The van der Waals surface area contributed by atoms with E-state index in [9.17, 15) is 4.79 Å². The molecule has 4 rings (SSSR count). The molecule has 1 amide bonds. The third kappa shape index (κ3) is 5.41. The lowest BCUT2D eigenvalue weighted by molar-refractivity contribution is -0.118. The number of carbonyl (C=O) groups excluding carboxylic acids is 1. The molecule has 174 valence electrons. The molecule has 2 aromatic heterocycles. The van der Waals surface area contributed by atoms with Crippen molar-refractivity contribution in [3.05, 3.63) is 101 Å². The van der Waals surface area contributed by atoms with Crippen molar-refractivity contribution in [2.75, 3.05) is 11.9 Å². The van der Waals surface area contributed by atoms with Gasteiger partial charge in [-0.2, -0.15) is 5.10 Å². The zero-order chi connectivity index (χ0) is 24.1. The third-order valence-corrected chi connectivity index (χ3v) is 6.10. The van der Waals surface area contributed by atoms with Crippen LogP contribution in [0.2, 0.25) is 0 Å². The number of hydrogen-bond donors (Lipinski definition) is 3. The van der Waals surface area contributed by atoms with E-state index in [-0.39, 0.29) is 11.8 Å². The maximum absolute atomic E-state index is 13.3. The predicted octanol–water partition coefficient (Wildman–Crippen LogP) is 5.47. The number of benzene rings is 2. The number of nitrogens with zero attached hydrogens (tertiary/aromatic N) is 2. The molecule has 4 aromatic rings. The van der Waals surface area contributed by atoms with Gasteiger partial charge in [-0.15, -0.1) is 0 Å². The molecule has 0 aliphatic rings. The van der Waals surface area contributed by atoms with Crippen molar-refractivity contribution in [2.45, 2.75) is 39.7 Å². The fourth-order valence-corrected chi connectivity index (χ4v) is 4.11. The van der Waals surface area contributed by atoms with Gasteiger partial charge in [-0.05, 0) is 49.9 Å². The van der Waals surface area contributed by atoms with Crippen molar-refractivity contribution in [2.24, 2.45) is 0 Å². The van der Waals surface area contributed by atoms with Gasteiger partial charge in [0.15, 0.2) is 0 Å². The first-order valence-electron chi connectivity index (χ1n) is 11.6. The van der Waals surface area contributed by atoms with E-state index in [4.69, 9.17) is 0 Å². The first-order valence-corrected chi connectivity index (χ1v) is 11.6. The van der Waals surface area contributed by atoms with E-state index in [1.54, 1.807) is 6.20 Å². The van der Waals surface area contributed by atoms with Crippen LogP contribution in [0, 0.1) is 20.8 Å². The van der Waals surface area contributed by atoms with Crippen LogP contribution in [0.3, 0.4) is 0 Å². The molecule has 2 aromatic carbocycles. The third-order valence-electron chi connectivity index (χ3n) is 6.10. The van der Waals surface area contributed by atoms with Crippen molar-refractivity contribution in [1.29, 1.82) is 0 Å². The summed E-state index contributed by atoms with van der Waals surface area (Å²) in [4.78, 5) is 17.8. The standard InChI is InChI=1S/C28H31N5O/c1-18-10-12-22(13-11-18)19(2)16-30-27(23-8-6-5-7-9-23)28(34)31-25-15-14-24(17-29-25)26-20(3)32-33-21(26)4/h5-15,17,19,27,30H,16H2,1-4H3,(H,32,33)(H,29,31,34)/t19?,27-/m1/s1. The molecule has 0 saturated carbocycles. The van der Waals surface area contributed by atoms with Gasteiger partial charge in [-0.3, -0.25) is 9.89 Å². The zero-order valence-corrected chi connectivity index (χ0v) is 20.1. The largest absolute Gasteiger partial charge is 0.309 e. The van der Waals surface area contributed by atoms with Crippen LogP contribution >= 0.6 is 0 Å². The first kappa shape index (κ1) is 23.4. The molecular formula is C28H31N5O. The molecular weight excluding hydrogens is 422 g/mol. The summed E-state index contributed by atoms with van der Waals surface area (Å²) in [6.07, 6.45) is 1.77. The highest BCUT2D eigenvalue weighted by atomic mass is 16.2. The van der Waals surface area contributed by atoms with Crippen molar-refractivity contribution in [3.8, 4) is 11.1 Å². The molecule has 0 aliphatic carbocycles. The van der Waals surface area contributed by atoms with E-state index in [0.29, 0.717) is 12.4 Å². The van der Waals surface area contributed by atoms with E-state index in [1.807, 2.05) is 56.3 Å². The zero-order valence-electron chi connectivity index (χ0n) is 20.1. The Kier molecular flexibility index (Phi) is 7.18. The number of hydrogen-bond acceptors (Lipinski definition) is 4. The number of anilines is 1. The molecule has 0 radical (unpaired) electrons. The average molecular weight is 454 g/mol. The summed E-state index contributed by atoms with van der Waals surface area (Å²) in [5.41, 5.74) is 7.32. The maximum Gasteiger partial charge on any atom is 0.247 e. The highest BCUT2D eigenvalue weighted by molar-refractivity contribution is 5.95. The summed E-state index contributed by atoms with van der Waals surface area (Å²) >= 11 is 0. The Hall–Kier alpha value is -3.77. The van der Waals surface area contributed by atoms with Gasteiger partial charge in [0, 0.05) is 29.6 Å². The van der Waals surface area contributed by atoms with Gasteiger partial charge in [0.1, 0.15) is 11.9 Å². The maximum atomic E-state index is 13.3. The highest BCUT2D eigenvalue weighted by Crippen LogP contribution is 2.25. The van der Waals surface area contributed by atoms with Gasteiger partial charge in [0.25, 0.3) is 0 Å². The molecule has 0 bridgehead atoms. The second kappa shape index (κ2) is 10.4. The van der Waals surface area contributed by atoms with Crippen LogP contribution in [0.25, 0.3) is 11.1 Å². The highest BCUT2D eigenvalue weighted by Gasteiger charge is 2.22. The van der Waals surface area contributed by atoms with E-state index in [0.717, 1.165) is 28.1 Å². The van der Waals surface area contributed by atoms with E-state index in [2.05, 4.69) is 63.9 Å². The molecule has 6 heteroatoms. The minimum atomic E-state index is -0.492. The molecule has 0 fully saturated rings. The number of aromatic amines is 1. The van der Waals surface area contributed by atoms with Gasteiger partial charge in [0.2, 0.25) is 5.91 Å². The Morgan fingerprint density at radius 3 is 2.29 bits per heavy atom. The Morgan fingerprint density at radius 2 is 1.68 bits per heavy atom. The van der Waals surface area contributed by atoms with E-state index >= 15 is 0 Å². The number of aryl methyl sites for hydroxylation is 3. The Balaban J connectivity index is 1.48. The predicted molar refractivity (Wildman–Crippen MR) is 137 cm³/mol. The number of rotatable bonds is 8. The number of H-pyrrole nitrogens is 1. The summed E-state index contributed by atoms with van der Waals surface area (Å²) in [6.45, 7) is 8.86. The summed E-state index contributed by atoms with van der Waals surface area (Å²) < 4.78 is 0. The molecule has 2 heterocycles. The number of pyridine rings is 1. The first-order chi connectivity index (χ1) is 16.4. The normalized spacial score (nSPS) is 12.8. The van der Waals surface area contributed by atoms with Crippen LogP contribution in [0.4, 0.5) is 5.82 Å². The van der Waals surface area contributed by atoms with Crippen molar-refractivity contribution < 1.29 is 4.79 Å². The molecule has 0 aliphatic heterocycles. The molecule has 34 heavy (non-hydrogen) atoms. The lowest BCUT2D eigenvalue weighted by Crippen LogP contribution is -2.35. The van der Waals surface area contributed by atoms with E-state index < -0.39 is 6.04 Å². The summed E-state index contributed by atoms with van der Waals surface area (Å²) in [6, 6.07) is 21.6. The number of nitrogens with one attached hydrogen (secondary N) is 3. The molecule has 0 spiro atoms. The Bertz CT molecular complexity index is 1210. The minimum absolute atomic E-state index is 0.141. The average Bonchev–Trinajstić information content (AvgIpc) is 3.18. The Labute approximate surface area is 200 Å². The quantitative estimate of drug-likeness (QED) is 0.330. The van der Waals surface area contributed by atoms with Crippen LogP contribution in [0.15, 0.2) is 72.9 Å². The van der Waals surface area contributed by atoms with Crippen LogP contribution in [0.5, 0.6) is 0 Å². The number of amides is 1. The van der Waals surface area contributed by atoms with Crippen molar-refractivity contribution in [1.82, 2.24) is 20.5 Å². The SMILES string of the molecule is Cc1ccc(C(C)CN[C@@H](C(=O)Nc2ccc(-c3c(C)n[nH]c3C)cn2)c2ccccc2)cc1. The molecule has 3 N–H and O–H groups in total. The lowest BCUT2D eigenvalue weighted by Gasteiger charge is -2.21. The summed E-state index contributed by atoms with van der Waals surface area (Å²) in [5.74, 6) is 0.638. The van der Waals surface area contributed by atoms with Gasteiger partial charge in [0.05, 0.1) is 5.69 Å². The molecule has 2 atom stereocenters.